The van der Waals surface area contributed by atoms with Crippen LogP contribution in [0.5, 0.6) is 5.88 Å². The quantitative estimate of drug-likeness (QED) is 0.764. The number of anilines is 1. The van der Waals surface area contributed by atoms with Gasteiger partial charge in [0.15, 0.2) is 0 Å². The van der Waals surface area contributed by atoms with Crippen LogP contribution < -0.4 is 10.5 Å². The molecule has 0 bridgehead atoms. The number of aromatic nitrogens is 1. The zero-order chi connectivity index (χ0) is 21.1. The van der Waals surface area contributed by atoms with Gasteiger partial charge in [0.05, 0.1) is 11.9 Å². The van der Waals surface area contributed by atoms with Gasteiger partial charge >= 0.3 is 6.09 Å². The lowest BCUT2D eigenvalue weighted by Crippen LogP contribution is -2.39. The summed E-state index contributed by atoms with van der Waals surface area (Å²) in [7, 11) is 0. The van der Waals surface area contributed by atoms with E-state index in [1.807, 2.05) is 48.2 Å². The molecule has 2 aromatic rings. The molecule has 1 aliphatic carbocycles. The maximum Gasteiger partial charge on any atom is 0.410 e. The lowest BCUT2D eigenvalue weighted by atomic mass is 9.90. The number of ether oxygens (including phenoxy) is 2. The van der Waals surface area contributed by atoms with Crippen LogP contribution in [0, 0.1) is 24.7 Å². The lowest BCUT2D eigenvalue weighted by molar-refractivity contribution is 0.0781. The number of carbonyl (C=O) groups excluding carboxylic acids is 1. The molecular weight excluding hydrogens is 378 g/mol. The number of nitrogen functional groups attached to an aromatic ring is 1. The van der Waals surface area contributed by atoms with Crippen LogP contribution in [0.4, 0.5) is 10.5 Å². The van der Waals surface area contributed by atoms with E-state index in [4.69, 9.17) is 15.2 Å². The Hall–Kier alpha value is -2.76. The molecule has 1 unspecified atom stereocenters. The van der Waals surface area contributed by atoms with Gasteiger partial charge in [0.25, 0.3) is 0 Å². The largest absolute Gasteiger partial charge is 0.474 e. The smallest absolute Gasteiger partial charge is 0.410 e. The molecule has 1 amide bonds. The van der Waals surface area contributed by atoms with Crippen molar-refractivity contribution in [2.45, 2.75) is 45.8 Å². The van der Waals surface area contributed by atoms with Gasteiger partial charge in [0.1, 0.15) is 12.7 Å². The van der Waals surface area contributed by atoms with Gasteiger partial charge in [-0.1, -0.05) is 30.3 Å². The zero-order valence-corrected chi connectivity index (χ0v) is 17.8. The van der Waals surface area contributed by atoms with Crippen LogP contribution in [0.1, 0.15) is 37.3 Å². The first-order valence-corrected chi connectivity index (χ1v) is 10.9. The number of piperidine rings is 1. The number of likely N-dealkylation sites (tertiary alicyclic amines) is 1. The first-order chi connectivity index (χ1) is 14.5. The van der Waals surface area contributed by atoms with E-state index in [1.165, 1.54) is 6.42 Å². The third kappa shape index (κ3) is 4.86. The van der Waals surface area contributed by atoms with Crippen molar-refractivity contribution in [1.82, 2.24) is 9.88 Å². The van der Waals surface area contributed by atoms with E-state index in [0.717, 1.165) is 37.1 Å². The second-order valence-corrected chi connectivity index (χ2v) is 8.64. The highest BCUT2D eigenvalue weighted by atomic mass is 16.6. The summed E-state index contributed by atoms with van der Waals surface area (Å²) < 4.78 is 11.6. The Morgan fingerprint density at radius 2 is 2.00 bits per heavy atom. The van der Waals surface area contributed by atoms with Gasteiger partial charge in [0.2, 0.25) is 5.88 Å². The summed E-state index contributed by atoms with van der Waals surface area (Å²) in [5.41, 5.74) is 8.42. The molecule has 4 rings (SSSR count). The fourth-order valence-corrected chi connectivity index (χ4v) is 4.61. The average molecular weight is 410 g/mol. The number of rotatable bonds is 6. The summed E-state index contributed by atoms with van der Waals surface area (Å²) in [6.07, 6.45) is 4.84. The van der Waals surface area contributed by atoms with Crippen molar-refractivity contribution >= 4 is 11.8 Å². The van der Waals surface area contributed by atoms with E-state index < -0.39 is 0 Å². The van der Waals surface area contributed by atoms with E-state index in [9.17, 15) is 4.79 Å². The van der Waals surface area contributed by atoms with Gasteiger partial charge in [-0.3, -0.25) is 0 Å². The summed E-state index contributed by atoms with van der Waals surface area (Å²) in [4.78, 5) is 18.5. The zero-order valence-electron chi connectivity index (χ0n) is 17.8. The highest BCUT2D eigenvalue weighted by Crippen LogP contribution is 2.50. The van der Waals surface area contributed by atoms with E-state index in [-0.39, 0.29) is 12.2 Å². The van der Waals surface area contributed by atoms with Crippen molar-refractivity contribution in [3.8, 4) is 5.88 Å². The minimum absolute atomic E-state index is 0.138. The van der Waals surface area contributed by atoms with Crippen molar-refractivity contribution in [1.29, 1.82) is 0 Å². The Morgan fingerprint density at radius 1 is 1.27 bits per heavy atom. The number of nitrogens with zero attached hydrogens (tertiary/aromatic N) is 2. The average Bonchev–Trinajstić information content (AvgIpc) is 3.56. The Kier molecular flexibility index (Phi) is 6.11. The fourth-order valence-electron chi connectivity index (χ4n) is 4.61. The summed E-state index contributed by atoms with van der Waals surface area (Å²) >= 11 is 0. The molecule has 1 saturated heterocycles. The van der Waals surface area contributed by atoms with Crippen molar-refractivity contribution in [3.63, 3.8) is 0 Å². The molecule has 6 nitrogen and oxygen atoms in total. The van der Waals surface area contributed by atoms with Crippen LogP contribution in [-0.2, 0) is 11.3 Å². The van der Waals surface area contributed by atoms with Gasteiger partial charge in [-0.15, -0.1) is 0 Å². The molecule has 30 heavy (non-hydrogen) atoms. The van der Waals surface area contributed by atoms with E-state index in [1.54, 1.807) is 6.20 Å². The molecule has 1 aliphatic heterocycles. The Balaban J connectivity index is 1.21. The second kappa shape index (κ2) is 8.94. The van der Waals surface area contributed by atoms with Crippen LogP contribution in [-0.4, -0.2) is 35.2 Å². The monoisotopic (exact) mass is 409 g/mol. The predicted molar refractivity (Wildman–Crippen MR) is 116 cm³/mol. The summed E-state index contributed by atoms with van der Waals surface area (Å²) in [6, 6.07) is 11.7. The van der Waals surface area contributed by atoms with Gasteiger partial charge in [-0.05, 0) is 62.5 Å². The topological polar surface area (TPSA) is 77.7 Å². The molecule has 160 valence electrons. The number of nitrogens with two attached hydrogens (primary N) is 1. The highest BCUT2D eigenvalue weighted by Gasteiger charge is 2.47. The van der Waals surface area contributed by atoms with E-state index in [2.05, 4.69) is 11.9 Å². The standard InChI is InChI=1S/C24H31N3O3/c1-16-12-20(25)14-26-23(16)30-17(2)21-13-22(21)19-8-10-27(11-9-19)24(28)29-15-18-6-4-3-5-7-18/h3-7,12,14,17,19,21-22H,8-11,13,15,25H2,1-2H3/t17?,21-,22-/m1/s1. The molecule has 1 aromatic carbocycles. The van der Waals surface area contributed by atoms with Crippen LogP contribution in [0.15, 0.2) is 42.6 Å². The van der Waals surface area contributed by atoms with Crippen LogP contribution in [0.3, 0.4) is 0 Å². The van der Waals surface area contributed by atoms with Gasteiger partial charge < -0.3 is 20.1 Å². The molecule has 3 atom stereocenters. The van der Waals surface area contributed by atoms with Gasteiger partial charge in [-0.2, -0.15) is 0 Å². The molecule has 2 aliphatic rings. The minimum atomic E-state index is -0.203. The Labute approximate surface area is 178 Å². The minimum Gasteiger partial charge on any atom is -0.474 e. The van der Waals surface area contributed by atoms with E-state index >= 15 is 0 Å². The fraction of sp³-hybridized carbons (Fsp3) is 0.500. The maximum absolute atomic E-state index is 12.4. The van der Waals surface area contributed by atoms with Crippen molar-refractivity contribution in [3.05, 3.63) is 53.7 Å². The Bertz CT molecular complexity index is 865. The van der Waals surface area contributed by atoms with Crippen LogP contribution >= 0.6 is 0 Å². The predicted octanol–water partition coefficient (Wildman–Crippen LogP) is 4.42. The number of hydrogen-bond acceptors (Lipinski definition) is 5. The molecule has 2 heterocycles. The van der Waals surface area contributed by atoms with Crippen LogP contribution in [0.2, 0.25) is 0 Å². The molecule has 1 saturated carbocycles. The number of aryl methyl sites for hydroxylation is 1. The maximum atomic E-state index is 12.4. The molecule has 2 N–H and O–H groups in total. The summed E-state index contributed by atoms with van der Waals surface area (Å²) in [6.45, 7) is 5.99. The molecule has 1 aromatic heterocycles. The first kappa shape index (κ1) is 20.5. The molecule has 2 fully saturated rings. The van der Waals surface area contributed by atoms with Crippen molar-refractivity contribution < 1.29 is 14.3 Å². The number of benzene rings is 1. The van der Waals surface area contributed by atoms with Crippen LogP contribution in [0.25, 0.3) is 0 Å². The third-order valence-corrected chi connectivity index (χ3v) is 6.45. The first-order valence-electron chi connectivity index (χ1n) is 10.9. The molecule has 0 radical (unpaired) electrons. The Morgan fingerprint density at radius 3 is 2.70 bits per heavy atom. The molecule has 0 spiro atoms. The molecule has 6 heteroatoms. The third-order valence-electron chi connectivity index (χ3n) is 6.45. The van der Waals surface area contributed by atoms with Gasteiger partial charge in [0, 0.05) is 18.7 Å². The normalized spacial score (nSPS) is 22.4. The second-order valence-electron chi connectivity index (χ2n) is 8.64. The number of amides is 1. The lowest BCUT2D eigenvalue weighted by Gasteiger charge is -2.32. The summed E-state index contributed by atoms with van der Waals surface area (Å²) in [5.74, 6) is 2.57. The highest BCUT2D eigenvalue weighted by molar-refractivity contribution is 5.67. The van der Waals surface area contributed by atoms with Crippen molar-refractivity contribution in [2.24, 2.45) is 17.8 Å². The molecular formula is C24H31N3O3. The SMILES string of the molecule is Cc1cc(N)cnc1OC(C)[C@H]1C[C@@H]1C1CCN(C(=O)OCc2ccccc2)CC1. The van der Waals surface area contributed by atoms with E-state index in [0.29, 0.717) is 35.9 Å². The number of carbonyl (C=O) groups is 1. The van der Waals surface area contributed by atoms with Gasteiger partial charge in [-0.25, -0.2) is 9.78 Å². The summed E-state index contributed by atoms with van der Waals surface area (Å²) in [5, 5.41) is 0. The van der Waals surface area contributed by atoms with Crippen molar-refractivity contribution in [2.75, 3.05) is 18.8 Å². The number of pyridine rings is 1. The number of hydrogen-bond donors (Lipinski definition) is 1.